The second kappa shape index (κ2) is 9.71. The first-order chi connectivity index (χ1) is 12.2. The molecular weight excluding hydrogens is 340 g/mol. The van der Waals surface area contributed by atoms with Crippen LogP contribution in [0, 0.1) is 17.8 Å². The molecule has 0 aromatic heterocycles. The average Bonchev–Trinajstić information content (AvgIpc) is 3.29. The smallest absolute Gasteiger partial charge is 0.148 e. The topological polar surface area (TPSA) is 128 Å². The summed E-state index contributed by atoms with van der Waals surface area (Å²) in [5.41, 5.74) is -0.990. The van der Waals surface area contributed by atoms with Gasteiger partial charge in [0.05, 0.1) is 43.4 Å². The molecule has 0 amide bonds. The largest absolute Gasteiger partial charge is 0.396 e. The molecule has 1 rings (SSSR count). The van der Waals surface area contributed by atoms with Crippen molar-refractivity contribution in [2.75, 3.05) is 13.2 Å². The van der Waals surface area contributed by atoms with E-state index in [1.165, 1.54) is 0 Å². The Morgan fingerprint density at radius 3 is 2.27 bits per heavy atom. The van der Waals surface area contributed by atoms with E-state index in [2.05, 4.69) is 6.58 Å². The second-order valence-corrected chi connectivity index (χ2v) is 7.31. The normalized spacial score (nSPS) is 27.9. The number of carbonyl (C=O) groups excluding carboxylic acids is 2. The number of Topliss-reactive ketones (excluding diaryl/α,β-unsaturated/α-hetero) is 2. The Morgan fingerprint density at radius 1 is 1.23 bits per heavy atom. The van der Waals surface area contributed by atoms with Crippen molar-refractivity contribution in [3.63, 3.8) is 0 Å². The lowest BCUT2D eigenvalue weighted by molar-refractivity contribution is -0.140. The van der Waals surface area contributed by atoms with Crippen molar-refractivity contribution in [2.24, 2.45) is 17.8 Å². The van der Waals surface area contributed by atoms with Gasteiger partial charge in [0.15, 0.2) is 0 Å². The van der Waals surface area contributed by atoms with Gasteiger partial charge in [-0.3, -0.25) is 9.59 Å². The van der Waals surface area contributed by atoms with Crippen LogP contribution in [0.2, 0.25) is 0 Å². The van der Waals surface area contributed by atoms with Crippen LogP contribution in [0.3, 0.4) is 0 Å². The Kier molecular flexibility index (Phi) is 8.56. The molecule has 0 spiro atoms. The Labute approximate surface area is 154 Å². The van der Waals surface area contributed by atoms with E-state index >= 15 is 0 Å². The molecule has 0 aliphatic carbocycles. The summed E-state index contributed by atoms with van der Waals surface area (Å²) in [6.45, 7) is 7.60. The van der Waals surface area contributed by atoms with Crippen LogP contribution in [-0.4, -0.2) is 69.1 Å². The van der Waals surface area contributed by atoms with Gasteiger partial charge < -0.3 is 25.2 Å². The SMILES string of the molecule is C=CC[C@H](C)[C@H]1O[C@@]1(C)[C@@H](O)[C@@H](CO)C(=O)C(CO)C(O)CC(=O)CC. The molecule has 150 valence electrons. The van der Waals surface area contributed by atoms with E-state index in [9.17, 15) is 30.0 Å². The van der Waals surface area contributed by atoms with Crippen LogP contribution in [-0.2, 0) is 14.3 Å². The standard InChI is InChI=1S/C19H32O7/c1-5-7-11(3)18-19(4,26-18)17(25)14(10-21)16(24)13(9-20)15(23)8-12(22)6-2/h5,11,13-15,17-18,20-21,23,25H,1,6-10H2,2-4H3/t11-,13?,14-,15?,17-,18+,19-/m0/s1. The van der Waals surface area contributed by atoms with Crippen molar-refractivity contribution in [1.82, 2.24) is 0 Å². The maximum Gasteiger partial charge on any atom is 0.148 e. The van der Waals surface area contributed by atoms with Crippen LogP contribution in [0.15, 0.2) is 12.7 Å². The fourth-order valence-electron chi connectivity index (χ4n) is 3.49. The number of ketones is 2. The summed E-state index contributed by atoms with van der Waals surface area (Å²) >= 11 is 0. The summed E-state index contributed by atoms with van der Waals surface area (Å²) < 4.78 is 5.63. The number of carbonyl (C=O) groups is 2. The molecular formula is C19H32O7. The number of epoxide rings is 1. The summed E-state index contributed by atoms with van der Waals surface area (Å²) in [5, 5.41) is 40.0. The minimum Gasteiger partial charge on any atom is -0.396 e. The van der Waals surface area contributed by atoms with Crippen LogP contribution in [0.1, 0.15) is 40.0 Å². The summed E-state index contributed by atoms with van der Waals surface area (Å²) in [4.78, 5) is 24.2. The summed E-state index contributed by atoms with van der Waals surface area (Å²) in [6, 6.07) is 0. The highest BCUT2D eigenvalue weighted by Gasteiger charge is 2.61. The van der Waals surface area contributed by atoms with E-state index < -0.39 is 48.6 Å². The van der Waals surface area contributed by atoms with Crippen molar-refractivity contribution in [3.05, 3.63) is 12.7 Å². The molecule has 4 N–H and O–H groups in total. The van der Waals surface area contributed by atoms with E-state index in [1.54, 1.807) is 19.9 Å². The first-order valence-corrected chi connectivity index (χ1v) is 9.09. The fourth-order valence-corrected chi connectivity index (χ4v) is 3.49. The number of aliphatic hydroxyl groups is 4. The molecule has 7 atom stereocenters. The summed E-state index contributed by atoms with van der Waals surface area (Å²) in [5.74, 6) is -3.29. The van der Waals surface area contributed by atoms with Crippen LogP contribution < -0.4 is 0 Å². The Morgan fingerprint density at radius 2 is 1.81 bits per heavy atom. The zero-order chi connectivity index (χ0) is 20.1. The number of rotatable bonds is 13. The van der Waals surface area contributed by atoms with Crippen LogP contribution in [0.4, 0.5) is 0 Å². The van der Waals surface area contributed by atoms with Gasteiger partial charge in [-0.05, 0) is 19.3 Å². The third kappa shape index (κ3) is 4.98. The summed E-state index contributed by atoms with van der Waals surface area (Å²) in [6.07, 6.45) is -0.543. The Balaban J connectivity index is 2.87. The molecule has 0 bridgehead atoms. The molecule has 0 aromatic rings. The third-order valence-corrected chi connectivity index (χ3v) is 5.33. The van der Waals surface area contributed by atoms with Crippen molar-refractivity contribution in [2.45, 2.75) is 63.9 Å². The molecule has 7 nitrogen and oxygen atoms in total. The predicted octanol–water partition coefficient (Wildman–Crippen LogP) is 0.233. The highest BCUT2D eigenvalue weighted by atomic mass is 16.6. The monoisotopic (exact) mass is 372 g/mol. The lowest BCUT2D eigenvalue weighted by Gasteiger charge is -2.29. The van der Waals surface area contributed by atoms with E-state index in [4.69, 9.17) is 4.74 Å². The summed E-state index contributed by atoms with van der Waals surface area (Å²) in [7, 11) is 0. The molecule has 1 aliphatic heterocycles. The minimum absolute atomic E-state index is 0.0861. The zero-order valence-electron chi connectivity index (χ0n) is 15.8. The molecule has 1 saturated heterocycles. The molecule has 1 heterocycles. The average molecular weight is 372 g/mol. The van der Waals surface area contributed by atoms with E-state index in [0.717, 1.165) is 0 Å². The van der Waals surface area contributed by atoms with Gasteiger partial charge in [0.2, 0.25) is 0 Å². The van der Waals surface area contributed by atoms with Gasteiger partial charge >= 0.3 is 0 Å². The van der Waals surface area contributed by atoms with Gasteiger partial charge in [-0.1, -0.05) is 19.9 Å². The van der Waals surface area contributed by atoms with E-state index in [0.29, 0.717) is 6.42 Å². The van der Waals surface area contributed by atoms with Crippen LogP contribution >= 0.6 is 0 Å². The van der Waals surface area contributed by atoms with Crippen LogP contribution in [0.5, 0.6) is 0 Å². The number of aliphatic hydroxyl groups excluding tert-OH is 4. The van der Waals surface area contributed by atoms with Gasteiger partial charge in [0.25, 0.3) is 0 Å². The van der Waals surface area contributed by atoms with Crippen molar-refractivity contribution in [1.29, 1.82) is 0 Å². The minimum atomic E-state index is -1.36. The number of allylic oxidation sites excluding steroid dienone is 1. The lowest BCUT2D eigenvalue weighted by Crippen LogP contribution is -2.47. The molecule has 0 radical (unpaired) electrons. The lowest BCUT2D eigenvalue weighted by atomic mass is 9.79. The number of hydrogen-bond donors (Lipinski definition) is 4. The third-order valence-electron chi connectivity index (χ3n) is 5.33. The molecule has 0 saturated carbocycles. The molecule has 0 aromatic carbocycles. The Hall–Kier alpha value is -1.12. The number of hydrogen-bond acceptors (Lipinski definition) is 7. The maximum absolute atomic E-state index is 12.7. The highest BCUT2D eigenvalue weighted by Crippen LogP contribution is 2.47. The van der Waals surface area contributed by atoms with Gasteiger partial charge in [0, 0.05) is 12.8 Å². The van der Waals surface area contributed by atoms with Gasteiger partial charge in [-0.2, -0.15) is 0 Å². The molecule has 1 fully saturated rings. The highest BCUT2D eigenvalue weighted by molar-refractivity contribution is 5.86. The van der Waals surface area contributed by atoms with Crippen molar-refractivity contribution >= 4 is 11.6 Å². The van der Waals surface area contributed by atoms with E-state index in [1.807, 2.05) is 6.92 Å². The van der Waals surface area contributed by atoms with Crippen molar-refractivity contribution in [3.8, 4) is 0 Å². The van der Waals surface area contributed by atoms with Crippen LogP contribution in [0.25, 0.3) is 0 Å². The van der Waals surface area contributed by atoms with Gasteiger partial charge in [0.1, 0.15) is 17.2 Å². The molecule has 2 unspecified atom stereocenters. The first kappa shape index (κ1) is 22.9. The van der Waals surface area contributed by atoms with Gasteiger partial charge in [-0.25, -0.2) is 0 Å². The quantitative estimate of drug-likeness (QED) is 0.269. The molecule has 7 heteroatoms. The Bertz CT molecular complexity index is 506. The molecule has 26 heavy (non-hydrogen) atoms. The second-order valence-electron chi connectivity index (χ2n) is 7.31. The fraction of sp³-hybridized carbons (Fsp3) is 0.789. The van der Waals surface area contributed by atoms with Crippen molar-refractivity contribution < 1.29 is 34.8 Å². The molecule has 1 aliphatic rings. The number of ether oxygens (including phenoxy) is 1. The zero-order valence-corrected chi connectivity index (χ0v) is 15.8. The first-order valence-electron chi connectivity index (χ1n) is 9.09. The van der Waals surface area contributed by atoms with E-state index in [-0.39, 0.29) is 30.6 Å². The predicted molar refractivity (Wildman–Crippen MR) is 95.3 cm³/mol. The van der Waals surface area contributed by atoms with Gasteiger partial charge in [-0.15, -0.1) is 6.58 Å². The maximum atomic E-state index is 12.7.